The van der Waals surface area contributed by atoms with Gasteiger partial charge < -0.3 is 15.4 Å². The Morgan fingerprint density at radius 2 is 1.96 bits per heavy atom. The van der Waals surface area contributed by atoms with Crippen LogP contribution in [0.15, 0.2) is 42.5 Å². The number of hydrogen-bond donors (Lipinski definition) is 2. The Morgan fingerprint density at radius 1 is 1.21 bits per heavy atom. The summed E-state index contributed by atoms with van der Waals surface area (Å²) in [5.41, 5.74) is 1.68. The van der Waals surface area contributed by atoms with Gasteiger partial charge in [-0.25, -0.2) is 4.39 Å². The second-order valence-electron chi connectivity index (χ2n) is 5.94. The number of rotatable bonds is 4. The first kappa shape index (κ1) is 16.5. The molecule has 3 rings (SSSR count). The van der Waals surface area contributed by atoms with Gasteiger partial charge in [0.05, 0.1) is 12.7 Å². The third-order valence-corrected chi connectivity index (χ3v) is 4.27. The van der Waals surface area contributed by atoms with Crippen molar-refractivity contribution < 1.29 is 13.9 Å². The van der Waals surface area contributed by atoms with Crippen molar-refractivity contribution >= 4 is 5.91 Å². The first-order valence-corrected chi connectivity index (χ1v) is 8.13. The van der Waals surface area contributed by atoms with E-state index in [9.17, 15) is 9.18 Å². The SMILES string of the molecule is COc1ccc(-c2ccc(C(=O)NC3CCCNC3)c(F)c2)cc1. The van der Waals surface area contributed by atoms with E-state index in [0.29, 0.717) is 0 Å². The largest absolute Gasteiger partial charge is 0.497 e. The van der Waals surface area contributed by atoms with E-state index in [4.69, 9.17) is 4.74 Å². The number of halogens is 1. The van der Waals surface area contributed by atoms with E-state index >= 15 is 0 Å². The first-order valence-electron chi connectivity index (χ1n) is 8.13. The summed E-state index contributed by atoms with van der Waals surface area (Å²) in [6.45, 7) is 1.70. The summed E-state index contributed by atoms with van der Waals surface area (Å²) in [6.07, 6.45) is 1.94. The summed E-state index contributed by atoms with van der Waals surface area (Å²) in [7, 11) is 1.60. The zero-order chi connectivity index (χ0) is 16.9. The van der Waals surface area contributed by atoms with Crippen molar-refractivity contribution in [2.75, 3.05) is 20.2 Å². The Morgan fingerprint density at radius 3 is 2.58 bits per heavy atom. The molecular weight excluding hydrogens is 307 g/mol. The van der Waals surface area contributed by atoms with Crippen LogP contribution >= 0.6 is 0 Å². The molecule has 0 radical (unpaired) electrons. The van der Waals surface area contributed by atoms with E-state index in [1.165, 1.54) is 6.07 Å². The standard InChI is InChI=1S/C19H21FN2O2/c1-24-16-7-4-13(5-8-16)14-6-9-17(18(20)11-14)19(23)22-15-3-2-10-21-12-15/h4-9,11,15,21H,2-3,10,12H2,1H3,(H,22,23). The molecule has 1 aliphatic heterocycles. The van der Waals surface area contributed by atoms with Crippen LogP contribution in [0.1, 0.15) is 23.2 Å². The fraction of sp³-hybridized carbons (Fsp3) is 0.316. The van der Waals surface area contributed by atoms with Crippen LogP contribution in [0.2, 0.25) is 0 Å². The van der Waals surface area contributed by atoms with Gasteiger partial charge in [-0.1, -0.05) is 18.2 Å². The minimum absolute atomic E-state index is 0.0620. The number of nitrogens with one attached hydrogen (secondary N) is 2. The zero-order valence-corrected chi connectivity index (χ0v) is 13.6. The van der Waals surface area contributed by atoms with Crippen LogP contribution in [-0.4, -0.2) is 32.1 Å². The molecule has 2 N–H and O–H groups in total. The van der Waals surface area contributed by atoms with Gasteiger partial charge in [-0.05, 0) is 54.8 Å². The van der Waals surface area contributed by atoms with Crippen LogP contribution in [0, 0.1) is 5.82 Å². The maximum atomic E-state index is 14.4. The lowest BCUT2D eigenvalue weighted by Crippen LogP contribution is -2.45. The highest BCUT2D eigenvalue weighted by atomic mass is 19.1. The fourth-order valence-corrected chi connectivity index (χ4v) is 2.90. The van der Waals surface area contributed by atoms with E-state index < -0.39 is 5.82 Å². The first-order chi connectivity index (χ1) is 11.7. The van der Waals surface area contributed by atoms with Gasteiger partial charge in [0.25, 0.3) is 5.91 Å². The number of benzene rings is 2. The van der Waals surface area contributed by atoms with E-state index in [-0.39, 0.29) is 17.5 Å². The molecule has 1 amide bonds. The number of carbonyl (C=O) groups is 1. The molecule has 1 saturated heterocycles. The lowest BCUT2D eigenvalue weighted by atomic mass is 10.0. The van der Waals surface area contributed by atoms with Crippen LogP contribution in [0.3, 0.4) is 0 Å². The predicted octanol–water partition coefficient (Wildman–Crippen LogP) is 2.98. The summed E-state index contributed by atoms with van der Waals surface area (Å²) < 4.78 is 19.5. The Bertz CT molecular complexity index is 710. The topological polar surface area (TPSA) is 50.4 Å². The maximum absolute atomic E-state index is 14.4. The molecule has 1 heterocycles. The third kappa shape index (κ3) is 3.74. The molecule has 0 spiro atoms. The number of hydrogen-bond acceptors (Lipinski definition) is 3. The molecule has 5 heteroatoms. The minimum atomic E-state index is -0.510. The molecule has 1 aliphatic rings. The monoisotopic (exact) mass is 328 g/mol. The lowest BCUT2D eigenvalue weighted by Gasteiger charge is -2.23. The maximum Gasteiger partial charge on any atom is 0.254 e. The van der Waals surface area contributed by atoms with E-state index in [1.54, 1.807) is 19.2 Å². The van der Waals surface area contributed by atoms with Crippen molar-refractivity contribution in [2.45, 2.75) is 18.9 Å². The number of piperidine rings is 1. The van der Waals surface area contributed by atoms with E-state index in [1.807, 2.05) is 24.3 Å². The highest BCUT2D eigenvalue weighted by Gasteiger charge is 2.19. The van der Waals surface area contributed by atoms with Crippen LogP contribution in [0.4, 0.5) is 4.39 Å². The lowest BCUT2D eigenvalue weighted by molar-refractivity contribution is 0.0926. The Hall–Kier alpha value is -2.40. The molecule has 24 heavy (non-hydrogen) atoms. The van der Waals surface area contributed by atoms with Crippen molar-refractivity contribution in [1.82, 2.24) is 10.6 Å². The number of amides is 1. The molecule has 0 saturated carbocycles. The second-order valence-corrected chi connectivity index (χ2v) is 5.94. The zero-order valence-electron chi connectivity index (χ0n) is 13.6. The third-order valence-electron chi connectivity index (χ3n) is 4.27. The summed E-state index contributed by atoms with van der Waals surface area (Å²) in [5.74, 6) is -0.122. The molecular formula is C19H21FN2O2. The van der Waals surface area contributed by atoms with Crippen LogP contribution in [0.5, 0.6) is 5.75 Å². The van der Waals surface area contributed by atoms with Gasteiger partial charge in [0.15, 0.2) is 0 Å². The van der Waals surface area contributed by atoms with Gasteiger partial charge in [-0.15, -0.1) is 0 Å². The molecule has 2 aromatic carbocycles. The van der Waals surface area contributed by atoms with Gasteiger partial charge in [0.1, 0.15) is 11.6 Å². The van der Waals surface area contributed by atoms with Crippen LogP contribution < -0.4 is 15.4 Å². The highest BCUT2D eigenvalue weighted by molar-refractivity contribution is 5.95. The highest BCUT2D eigenvalue weighted by Crippen LogP contribution is 2.24. The smallest absolute Gasteiger partial charge is 0.254 e. The molecule has 1 fully saturated rings. The van der Waals surface area contributed by atoms with Crippen LogP contribution in [-0.2, 0) is 0 Å². The number of carbonyl (C=O) groups excluding carboxylic acids is 1. The van der Waals surface area contributed by atoms with Crippen molar-refractivity contribution in [2.24, 2.45) is 0 Å². The molecule has 4 nitrogen and oxygen atoms in total. The average molecular weight is 328 g/mol. The summed E-state index contributed by atoms with van der Waals surface area (Å²) in [5, 5.41) is 6.12. The van der Waals surface area contributed by atoms with Crippen LogP contribution in [0.25, 0.3) is 11.1 Å². The predicted molar refractivity (Wildman–Crippen MR) is 91.7 cm³/mol. The Balaban J connectivity index is 1.74. The summed E-state index contributed by atoms with van der Waals surface area (Å²) in [6, 6.07) is 12.1. The van der Waals surface area contributed by atoms with Gasteiger partial charge >= 0.3 is 0 Å². The van der Waals surface area contributed by atoms with E-state index in [2.05, 4.69) is 10.6 Å². The quantitative estimate of drug-likeness (QED) is 0.907. The molecule has 1 unspecified atom stereocenters. The Kier molecular flexibility index (Phi) is 5.11. The second kappa shape index (κ2) is 7.45. The van der Waals surface area contributed by atoms with Crippen molar-refractivity contribution in [3.05, 3.63) is 53.8 Å². The Labute approximate surface area is 141 Å². The van der Waals surface area contributed by atoms with Gasteiger partial charge in [-0.2, -0.15) is 0 Å². The molecule has 0 aliphatic carbocycles. The summed E-state index contributed by atoms with van der Waals surface area (Å²) >= 11 is 0. The van der Waals surface area contributed by atoms with Gasteiger partial charge in [0, 0.05) is 12.6 Å². The molecule has 0 aromatic heterocycles. The normalized spacial score (nSPS) is 17.3. The molecule has 1 atom stereocenters. The van der Waals surface area contributed by atoms with Gasteiger partial charge in [-0.3, -0.25) is 4.79 Å². The fourth-order valence-electron chi connectivity index (χ4n) is 2.90. The van der Waals surface area contributed by atoms with Crippen molar-refractivity contribution in [3.63, 3.8) is 0 Å². The van der Waals surface area contributed by atoms with Crippen molar-refractivity contribution in [1.29, 1.82) is 0 Å². The molecule has 2 aromatic rings. The van der Waals surface area contributed by atoms with Gasteiger partial charge in [0.2, 0.25) is 0 Å². The number of methoxy groups -OCH3 is 1. The minimum Gasteiger partial charge on any atom is -0.497 e. The van der Waals surface area contributed by atoms with Crippen molar-refractivity contribution in [3.8, 4) is 16.9 Å². The number of ether oxygens (including phenoxy) is 1. The molecule has 0 bridgehead atoms. The molecule has 126 valence electrons. The average Bonchev–Trinajstić information content (AvgIpc) is 2.62. The summed E-state index contributed by atoms with van der Waals surface area (Å²) in [4.78, 5) is 12.3. The van der Waals surface area contributed by atoms with E-state index in [0.717, 1.165) is 42.8 Å².